The Kier molecular flexibility index (Phi) is 4.08. The molecule has 0 aliphatic heterocycles. The fourth-order valence-corrected chi connectivity index (χ4v) is 2.22. The lowest BCUT2D eigenvalue weighted by Gasteiger charge is -2.11. The monoisotopic (exact) mass is 268 g/mol. The van der Waals surface area contributed by atoms with Gasteiger partial charge in [-0.15, -0.1) is 0 Å². The van der Waals surface area contributed by atoms with Crippen LogP contribution in [0.25, 0.3) is 0 Å². The molecular weight excluding hydrogens is 248 g/mol. The molecule has 0 atom stereocenters. The minimum atomic E-state index is -0.0721. The number of rotatable bonds is 3. The minimum Gasteiger partial charge on any atom is -0.388 e. The highest BCUT2D eigenvalue weighted by molar-refractivity contribution is 6.05. The number of nitrogens with one attached hydrogen (secondary N) is 2. The lowest BCUT2D eigenvalue weighted by atomic mass is 10.1. The molecule has 0 saturated carbocycles. The Bertz CT molecular complexity index is 647. The second-order valence-corrected chi connectivity index (χ2v) is 5.05. The van der Waals surface area contributed by atoms with Gasteiger partial charge < -0.3 is 10.6 Å². The van der Waals surface area contributed by atoms with Crippen LogP contribution in [0, 0.1) is 20.8 Å². The maximum absolute atomic E-state index is 12.3. The predicted molar refractivity (Wildman–Crippen MR) is 84.6 cm³/mol. The van der Waals surface area contributed by atoms with Crippen molar-refractivity contribution < 1.29 is 4.79 Å². The first kappa shape index (κ1) is 14.1. The van der Waals surface area contributed by atoms with Crippen LogP contribution in [0.4, 0.5) is 11.4 Å². The number of amides is 1. The highest BCUT2D eigenvalue weighted by atomic mass is 16.1. The summed E-state index contributed by atoms with van der Waals surface area (Å²) in [5.41, 5.74) is 5.78. The number of carbonyl (C=O) groups is 1. The topological polar surface area (TPSA) is 41.1 Å². The van der Waals surface area contributed by atoms with Gasteiger partial charge in [-0.1, -0.05) is 17.7 Å². The normalized spacial score (nSPS) is 10.2. The van der Waals surface area contributed by atoms with Gasteiger partial charge in [0.1, 0.15) is 0 Å². The van der Waals surface area contributed by atoms with Gasteiger partial charge in [0.25, 0.3) is 5.91 Å². The largest absolute Gasteiger partial charge is 0.388 e. The third-order valence-electron chi connectivity index (χ3n) is 3.39. The van der Waals surface area contributed by atoms with Gasteiger partial charge in [0.05, 0.1) is 0 Å². The molecule has 0 radical (unpaired) electrons. The Morgan fingerprint density at radius 2 is 1.70 bits per heavy atom. The molecule has 20 heavy (non-hydrogen) atoms. The van der Waals surface area contributed by atoms with Gasteiger partial charge in [-0.25, -0.2) is 0 Å². The second-order valence-electron chi connectivity index (χ2n) is 5.05. The molecule has 0 bridgehead atoms. The fourth-order valence-electron chi connectivity index (χ4n) is 2.22. The van der Waals surface area contributed by atoms with Gasteiger partial charge in [-0.2, -0.15) is 0 Å². The Labute approximate surface area is 120 Å². The van der Waals surface area contributed by atoms with Gasteiger partial charge in [0.2, 0.25) is 0 Å². The zero-order chi connectivity index (χ0) is 14.7. The summed E-state index contributed by atoms with van der Waals surface area (Å²) in [5, 5.41) is 6.04. The second kappa shape index (κ2) is 5.78. The Morgan fingerprint density at radius 1 is 0.950 bits per heavy atom. The number of hydrogen-bond donors (Lipinski definition) is 2. The summed E-state index contributed by atoms with van der Waals surface area (Å²) in [5.74, 6) is -0.0721. The number of carbonyl (C=O) groups excluding carboxylic acids is 1. The SMILES string of the molecule is CNc1ccc(C(=O)Nc2ccc(C)cc2C)c(C)c1. The van der Waals surface area contributed by atoms with E-state index >= 15 is 0 Å². The average molecular weight is 268 g/mol. The summed E-state index contributed by atoms with van der Waals surface area (Å²) >= 11 is 0. The van der Waals surface area contributed by atoms with Crippen LogP contribution in [0.5, 0.6) is 0 Å². The first-order valence-corrected chi connectivity index (χ1v) is 6.68. The predicted octanol–water partition coefficient (Wildman–Crippen LogP) is 3.91. The van der Waals surface area contributed by atoms with Crippen LogP contribution in [0.3, 0.4) is 0 Å². The van der Waals surface area contributed by atoms with Crippen molar-refractivity contribution in [3.05, 3.63) is 58.7 Å². The molecule has 3 heteroatoms. The first-order valence-electron chi connectivity index (χ1n) is 6.68. The van der Waals surface area contributed by atoms with Crippen LogP contribution in [0.2, 0.25) is 0 Å². The third-order valence-corrected chi connectivity index (χ3v) is 3.39. The van der Waals surface area contributed by atoms with Gasteiger partial charge in [0.15, 0.2) is 0 Å². The molecule has 104 valence electrons. The molecule has 0 heterocycles. The van der Waals surface area contributed by atoms with E-state index in [-0.39, 0.29) is 5.91 Å². The fraction of sp³-hybridized carbons (Fsp3) is 0.235. The van der Waals surface area contributed by atoms with E-state index in [1.165, 1.54) is 5.56 Å². The van der Waals surface area contributed by atoms with E-state index in [4.69, 9.17) is 0 Å². The van der Waals surface area contributed by atoms with E-state index in [2.05, 4.69) is 16.7 Å². The van der Waals surface area contributed by atoms with Crippen molar-refractivity contribution in [2.75, 3.05) is 17.7 Å². The highest BCUT2D eigenvalue weighted by Gasteiger charge is 2.10. The molecule has 2 rings (SSSR count). The van der Waals surface area contributed by atoms with Crippen LogP contribution in [-0.2, 0) is 0 Å². The van der Waals surface area contributed by atoms with Crippen molar-refractivity contribution in [2.24, 2.45) is 0 Å². The van der Waals surface area contributed by atoms with Crippen molar-refractivity contribution in [1.82, 2.24) is 0 Å². The smallest absolute Gasteiger partial charge is 0.255 e. The van der Waals surface area contributed by atoms with Crippen molar-refractivity contribution >= 4 is 17.3 Å². The van der Waals surface area contributed by atoms with E-state index in [9.17, 15) is 4.79 Å². The summed E-state index contributed by atoms with van der Waals surface area (Å²) in [6.45, 7) is 5.98. The molecule has 0 unspecified atom stereocenters. The first-order chi connectivity index (χ1) is 9.51. The quantitative estimate of drug-likeness (QED) is 0.886. The molecule has 0 aliphatic carbocycles. The molecule has 2 aromatic carbocycles. The molecular formula is C17H20N2O. The van der Waals surface area contributed by atoms with Crippen LogP contribution < -0.4 is 10.6 Å². The van der Waals surface area contributed by atoms with E-state index in [0.29, 0.717) is 5.56 Å². The maximum atomic E-state index is 12.3. The maximum Gasteiger partial charge on any atom is 0.255 e. The van der Waals surface area contributed by atoms with Gasteiger partial charge in [0, 0.05) is 24.0 Å². The lowest BCUT2D eigenvalue weighted by molar-refractivity contribution is 0.102. The van der Waals surface area contributed by atoms with Crippen LogP contribution >= 0.6 is 0 Å². The van der Waals surface area contributed by atoms with Crippen LogP contribution in [0.15, 0.2) is 36.4 Å². The zero-order valence-electron chi connectivity index (χ0n) is 12.4. The Hall–Kier alpha value is -2.29. The average Bonchev–Trinajstić information content (AvgIpc) is 2.41. The molecule has 0 saturated heterocycles. The molecule has 0 spiro atoms. The Morgan fingerprint density at radius 3 is 2.30 bits per heavy atom. The number of aryl methyl sites for hydroxylation is 3. The van der Waals surface area contributed by atoms with Gasteiger partial charge >= 0.3 is 0 Å². The number of benzene rings is 2. The van der Waals surface area contributed by atoms with Gasteiger partial charge in [-0.05, 0) is 56.2 Å². The molecule has 2 aromatic rings. The molecule has 1 amide bonds. The summed E-state index contributed by atoms with van der Waals surface area (Å²) in [7, 11) is 1.87. The molecule has 0 aliphatic rings. The lowest BCUT2D eigenvalue weighted by Crippen LogP contribution is -2.14. The standard InChI is InChI=1S/C17H20N2O/c1-11-5-8-16(13(3)9-11)19-17(20)15-7-6-14(18-4)10-12(15)2/h5-10,18H,1-4H3,(H,19,20). The van der Waals surface area contributed by atoms with Crippen molar-refractivity contribution in [3.63, 3.8) is 0 Å². The number of anilines is 2. The van der Waals surface area contributed by atoms with Crippen molar-refractivity contribution in [1.29, 1.82) is 0 Å². The third kappa shape index (κ3) is 2.99. The molecule has 0 aromatic heterocycles. The van der Waals surface area contributed by atoms with Crippen LogP contribution in [-0.4, -0.2) is 13.0 Å². The summed E-state index contributed by atoms with van der Waals surface area (Å²) in [4.78, 5) is 12.3. The van der Waals surface area contributed by atoms with E-state index < -0.39 is 0 Å². The molecule has 2 N–H and O–H groups in total. The summed E-state index contributed by atoms with van der Waals surface area (Å²) < 4.78 is 0. The van der Waals surface area contributed by atoms with Crippen molar-refractivity contribution in [2.45, 2.75) is 20.8 Å². The van der Waals surface area contributed by atoms with Gasteiger partial charge in [-0.3, -0.25) is 4.79 Å². The summed E-state index contributed by atoms with van der Waals surface area (Å²) in [6.07, 6.45) is 0. The highest BCUT2D eigenvalue weighted by Crippen LogP contribution is 2.19. The van der Waals surface area contributed by atoms with E-state index in [1.54, 1.807) is 0 Å². The van der Waals surface area contributed by atoms with Crippen molar-refractivity contribution in [3.8, 4) is 0 Å². The van der Waals surface area contributed by atoms with Crippen LogP contribution in [0.1, 0.15) is 27.0 Å². The zero-order valence-corrected chi connectivity index (χ0v) is 12.4. The molecule has 3 nitrogen and oxygen atoms in total. The molecule has 0 fully saturated rings. The minimum absolute atomic E-state index is 0.0721. The number of hydrogen-bond acceptors (Lipinski definition) is 2. The van der Waals surface area contributed by atoms with E-state index in [1.807, 2.05) is 58.2 Å². The van der Waals surface area contributed by atoms with E-state index in [0.717, 1.165) is 22.5 Å². The summed E-state index contributed by atoms with van der Waals surface area (Å²) in [6, 6.07) is 11.7. The Balaban J connectivity index is 2.24.